The molecule has 0 fully saturated rings. The van der Waals surface area contributed by atoms with Crippen LogP contribution in [-0.4, -0.2) is 63.2 Å². The molecule has 3 aromatic carbocycles. The van der Waals surface area contributed by atoms with E-state index in [1.807, 2.05) is 30.3 Å². The Morgan fingerprint density at radius 3 is 2.18 bits per heavy atom. The number of carbonyl (C=O) groups is 2. The van der Waals surface area contributed by atoms with Crippen molar-refractivity contribution < 1.29 is 22.4 Å². The van der Waals surface area contributed by atoms with Crippen molar-refractivity contribution in [1.82, 2.24) is 14.5 Å². The second kappa shape index (κ2) is 12.9. The van der Waals surface area contributed by atoms with Crippen LogP contribution in [0.15, 0.2) is 78.9 Å². The van der Waals surface area contributed by atoms with Gasteiger partial charge >= 0.3 is 10.2 Å². The third kappa shape index (κ3) is 7.09. The van der Waals surface area contributed by atoms with E-state index in [-0.39, 0.29) is 18.7 Å². The first kappa shape index (κ1) is 29.1. The van der Waals surface area contributed by atoms with Crippen LogP contribution in [0.4, 0.5) is 10.1 Å². The molecule has 0 unspecified atom stereocenters. The third-order valence-corrected chi connectivity index (χ3v) is 7.94. The Bertz CT molecular complexity index is 1370. The molecule has 0 aliphatic heterocycles. The van der Waals surface area contributed by atoms with Gasteiger partial charge in [-0.3, -0.25) is 9.59 Å². The summed E-state index contributed by atoms with van der Waals surface area (Å²) in [6.45, 7) is -0.762. The number of likely N-dealkylation sites (N-methyl/N-ethyl adjacent to an activating group) is 1. The smallest absolute Gasteiger partial charge is 0.304 e. The molecule has 0 aliphatic rings. The maximum absolute atomic E-state index is 14.8. The number of anilines is 1. The average Bonchev–Trinajstić information content (AvgIpc) is 2.89. The molecular formula is C27H30ClFN4O4S. The van der Waals surface area contributed by atoms with Crippen molar-refractivity contribution in [1.29, 1.82) is 0 Å². The zero-order valence-corrected chi connectivity index (χ0v) is 22.9. The Balaban J connectivity index is 2.08. The fraction of sp³-hybridized carbons (Fsp3) is 0.259. The van der Waals surface area contributed by atoms with Crippen LogP contribution >= 0.6 is 11.6 Å². The molecule has 0 heterocycles. The molecule has 202 valence electrons. The van der Waals surface area contributed by atoms with E-state index < -0.39 is 40.4 Å². The summed E-state index contributed by atoms with van der Waals surface area (Å²) in [5.41, 5.74) is 1.16. The van der Waals surface area contributed by atoms with E-state index >= 15 is 0 Å². The Morgan fingerprint density at radius 1 is 0.947 bits per heavy atom. The van der Waals surface area contributed by atoms with Crippen molar-refractivity contribution in [2.45, 2.75) is 19.0 Å². The van der Waals surface area contributed by atoms with E-state index in [4.69, 9.17) is 11.6 Å². The molecule has 2 amide bonds. The van der Waals surface area contributed by atoms with Gasteiger partial charge in [-0.1, -0.05) is 66.2 Å². The summed E-state index contributed by atoms with van der Waals surface area (Å²) in [5.74, 6) is -1.93. The Kier molecular flexibility index (Phi) is 9.84. The van der Waals surface area contributed by atoms with Crippen molar-refractivity contribution in [2.24, 2.45) is 0 Å². The van der Waals surface area contributed by atoms with Gasteiger partial charge in [-0.05, 0) is 35.4 Å². The van der Waals surface area contributed by atoms with Crippen LogP contribution in [0, 0.1) is 5.82 Å². The molecule has 11 heteroatoms. The fourth-order valence-corrected chi connectivity index (χ4v) is 5.19. The van der Waals surface area contributed by atoms with Crippen molar-refractivity contribution in [3.05, 3.63) is 101 Å². The fourth-order valence-electron chi connectivity index (χ4n) is 3.91. The molecule has 0 aromatic heterocycles. The van der Waals surface area contributed by atoms with Crippen LogP contribution in [0.2, 0.25) is 5.02 Å². The van der Waals surface area contributed by atoms with Gasteiger partial charge < -0.3 is 10.2 Å². The van der Waals surface area contributed by atoms with Crippen LogP contribution in [0.3, 0.4) is 0 Å². The summed E-state index contributed by atoms with van der Waals surface area (Å²) in [4.78, 5) is 28.3. The molecular weight excluding hydrogens is 531 g/mol. The summed E-state index contributed by atoms with van der Waals surface area (Å²) in [7, 11) is -0.229. The van der Waals surface area contributed by atoms with Gasteiger partial charge in [0.05, 0.1) is 5.69 Å². The number of carbonyl (C=O) groups excluding carboxylic acids is 2. The Hall–Kier alpha value is -3.47. The Morgan fingerprint density at radius 2 is 1.58 bits per heavy atom. The van der Waals surface area contributed by atoms with E-state index in [1.165, 1.54) is 44.2 Å². The number of rotatable bonds is 11. The highest BCUT2D eigenvalue weighted by Crippen LogP contribution is 2.24. The highest BCUT2D eigenvalue weighted by atomic mass is 35.5. The molecule has 0 saturated heterocycles. The minimum atomic E-state index is -4.28. The zero-order valence-electron chi connectivity index (χ0n) is 21.3. The minimum absolute atomic E-state index is 0.0303. The maximum Gasteiger partial charge on any atom is 0.304 e. The van der Waals surface area contributed by atoms with E-state index in [9.17, 15) is 22.4 Å². The first-order valence-electron chi connectivity index (χ1n) is 11.8. The van der Waals surface area contributed by atoms with Gasteiger partial charge in [0.1, 0.15) is 18.4 Å². The quantitative estimate of drug-likeness (QED) is 0.389. The SMILES string of the molecule is CNC(=O)[C@@H](Cc1ccccc1)N(Cc1cccc(Cl)c1)C(=O)CN(c1ccccc1F)S(=O)(=O)N(C)C. The highest BCUT2D eigenvalue weighted by Gasteiger charge is 2.35. The lowest BCUT2D eigenvalue weighted by Crippen LogP contribution is -2.54. The lowest BCUT2D eigenvalue weighted by molar-refractivity contribution is -0.139. The highest BCUT2D eigenvalue weighted by molar-refractivity contribution is 7.90. The normalized spacial score (nSPS) is 12.2. The van der Waals surface area contributed by atoms with E-state index in [0.717, 1.165) is 15.9 Å². The number of hydrogen-bond donors (Lipinski definition) is 1. The second-order valence-corrected chi connectivity index (χ2v) is 11.2. The number of amides is 2. The maximum atomic E-state index is 14.8. The number of nitrogens with zero attached hydrogens (tertiary/aromatic N) is 3. The van der Waals surface area contributed by atoms with Crippen LogP contribution in [0.25, 0.3) is 0 Å². The van der Waals surface area contributed by atoms with E-state index in [0.29, 0.717) is 14.9 Å². The van der Waals surface area contributed by atoms with Gasteiger partial charge in [-0.25, -0.2) is 8.70 Å². The monoisotopic (exact) mass is 560 g/mol. The third-order valence-electron chi connectivity index (χ3n) is 5.90. The van der Waals surface area contributed by atoms with Gasteiger partial charge in [0, 0.05) is 39.1 Å². The summed E-state index contributed by atoms with van der Waals surface area (Å²) in [6.07, 6.45) is 0.174. The van der Waals surface area contributed by atoms with Gasteiger partial charge in [0.25, 0.3) is 0 Å². The predicted molar refractivity (Wildman–Crippen MR) is 146 cm³/mol. The molecule has 38 heavy (non-hydrogen) atoms. The standard InChI is InChI=1S/C27H30ClFN4O4S/c1-30-27(35)25(17-20-10-5-4-6-11-20)32(18-21-12-9-13-22(28)16-21)26(34)19-33(38(36,37)31(2)3)24-15-8-7-14-23(24)29/h4-16,25H,17-19H2,1-3H3,(H,30,35)/t25-/m1/s1. The molecule has 3 aromatic rings. The largest absolute Gasteiger partial charge is 0.357 e. The van der Waals surface area contributed by atoms with Crippen LogP contribution in [0.1, 0.15) is 11.1 Å². The number of halogens is 2. The topological polar surface area (TPSA) is 90.0 Å². The number of para-hydroxylation sites is 1. The summed E-state index contributed by atoms with van der Waals surface area (Å²) in [6, 6.07) is 20.3. The minimum Gasteiger partial charge on any atom is -0.357 e. The average molecular weight is 561 g/mol. The van der Waals surface area contributed by atoms with Crippen molar-refractivity contribution in [3.63, 3.8) is 0 Å². The molecule has 1 atom stereocenters. The number of benzene rings is 3. The first-order valence-corrected chi connectivity index (χ1v) is 13.6. The lowest BCUT2D eigenvalue weighted by Gasteiger charge is -2.34. The summed E-state index contributed by atoms with van der Waals surface area (Å²) in [5, 5.41) is 3.04. The molecule has 3 rings (SSSR count). The van der Waals surface area contributed by atoms with Crippen molar-refractivity contribution in [2.75, 3.05) is 32.0 Å². The molecule has 8 nitrogen and oxygen atoms in total. The molecule has 0 radical (unpaired) electrons. The van der Waals surface area contributed by atoms with Crippen molar-refractivity contribution in [3.8, 4) is 0 Å². The van der Waals surface area contributed by atoms with E-state index in [2.05, 4.69) is 5.32 Å². The molecule has 0 saturated carbocycles. The van der Waals surface area contributed by atoms with Crippen LogP contribution < -0.4 is 9.62 Å². The molecule has 0 aliphatic carbocycles. The number of nitrogens with one attached hydrogen (secondary N) is 1. The van der Waals surface area contributed by atoms with Crippen LogP contribution in [0.5, 0.6) is 0 Å². The van der Waals surface area contributed by atoms with Gasteiger partial charge in [0.2, 0.25) is 11.8 Å². The molecule has 0 spiro atoms. The van der Waals surface area contributed by atoms with Crippen molar-refractivity contribution >= 4 is 39.3 Å². The zero-order chi connectivity index (χ0) is 27.9. The van der Waals surface area contributed by atoms with E-state index in [1.54, 1.807) is 24.3 Å². The summed E-state index contributed by atoms with van der Waals surface area (Å²) < 4.78 is 42.8. The Labute approximate surface area is 227 Å². The lowest BCUT2D eigenvalue weighted by atomic mass is 10.0. The van der Waals surface area contributed by atoms with Gasteiger partial charge in [-0.2, -0.15) is 12.7 Å². The first-order chi connectivity index (χ1) is 18.0. The second-order valence-electron chi connectivity index (χ2n) is 8.72. The van der Waals surface area contributed by atoms with Crippen LogP contribution in [-0.2, 0) is 32.8 Å². The number of hydrogen-bond acceptors (Lipinski definition) is 4. The molecule has 1 N–H and O–H groups in total. The summed E-state index contributed by atoms with van der Waals surface area (Å²) >= 11 is 6.17. The van der Waals surface area contributed by atoms with Gasteiger partial charge in [-0.15, -0.1) is 0 Å². The predicted octanol–water partition coefficient (Wildman–Crippen LogP) is 3.48. The van der Waals surface area contributed by atoms with Gasteiger partial charge in [0.15, 0.2) is 0 Å². The molecule has 0 bridgehead atoms.